The molecule has 1 aromatic carbocycles. The molecule has 2 heterocycles. The molecule has 1 saturated heterocycles. The molecule has 0 bridgehead atoms. The highest BCUT2D eigenvalue weighted by Crippen LogP contribution is 2.22. The van der Waals surface area contributed by atoms with Crippen molar-refractivity contribution in [3.05, 3.63) is 48.3 Å². The molecule has 1 aromatic heterocycles. The summed E-state index contributed by atoms with van der Waals surface area (Å²) in [6.45, 7) is 4.87. The van der Waals surface area contributed by atoms with E-state index in [1.165, 1.54) is 12.8 Å². The van der Waals surface area contributed by atoms with Gasteiger partial charge in [0.05, 0.1) is 11.9 Å². The second-order valence-corrected chi connectivity index (χ2v) is 6.69. The quantitative estimate of drug-likeness (QED) is 0.857. The van der Waals surface area contributed by atoms with Crippen LogP contribution in [0.4, 0.5) is 0 Å². The molecule has 5 nitrogen and oxygen atoms in total. The van der Waals surface area contributed by atoms with Crippen LogP contribution < -0.4 is 10.6 Å². The number of carbonyl (C=O) groups is 1. The molecule has 2 aromatic rings. The molecule has 1 fully saturated rings. The Kier molecular flexibility index (Phi) is 5.64. The minimum absolute atomic E-state index is 0.125. The number of amides is 1. The van der Waals surface area contributed by atoms with E-state index in [-0.39, 0.29) is 5.91 Å². The molecule has 2 N–H and O–H groups in total. The fourth-order valence-corrected chi connectivity index (χ4v) is 3.27. The Labute approximate surface area is 143 Å². The molecule has 3 rings (SSSR count). The molecule has 2 atom stereocenters. The number of hydrogen-bond acceptors (Lipinski definition) is 3. The molecule has 0 aliphatic carbocycles. The molecular weight excluding hydrogens is 300 g/mol. The van der Waals surface area contributed by atoms with Gasteiger partial charge in [-0.05, 0) is 49.9 Å². The number of piperidine rings is 1. The average Bonchev–Trinajstić information content (AvgIpc) is 3.10. The standard InChI is InChI=1S/C19H26N4O/c1-15(17-6-5-9-20-13-17)10-19(24)21-11-16-12-22-23(14-16)18-7-3-2-4-8-18/h2-4,7-8,12,14-15,17,20H,5-6,9-11,13H2,1H3,(H,21,24). The number of para-hydroxylation sites is 1. The van der Waals surface area contributed by atoms with Crippen molar-refractivity contribution in [3.8, 4) is 5.69 Å². The predicted molar refractivity (Wildman–Crippen MR) is 94.8 cm³/mol. The molecule has 1 aliphatic rings. The summed E-state index contributed by atoms with van der Waals surface area (Å²) in [6, 6.07) is 9.97. The topological polar surface area (TPSA) is 59.0 Å². The van der Waals surface area contributed by atoms with Crippen LogP contribution in [-0.4, -0.2) is 28.8 Å². The molecule has 128 valence electrons. The fourth-order valence-electron chi connectivity index (χ4n) is 3.27. The highest BCUT2D eigenvalue weighted by Gasteiger charge is 2.21. The van der Waals surface area contributed by atoms with Crippen molar-refractivity contribution in [2.24, 2.45) is 11.8 Å². The van der Waals surface area contributed by atoms with Crippen LogP contribution >= 0.6 is 0 Å². The van der Waals surface area contributed by atoms with E-state index in [0.29, 0.717) is 24.8 Å². The Bertz CT molecular complexity index is 646. The van der Waals surface area contributed by atoms with Crippen molar-refractivity contribution in [3.63, 3.8) is 0 Å². The SMILES string of the molecule is CC(CC(=O)NCc1cnn(-c2ccccc2)c1)C1CCCNC1. The molecule has 2 unspecified atom stereocenters. The number of hydrogen-bond donors (Lipinski definition) is 2. The summed E-state index contributed by atoms with van der Waals surface area (Å²) >= 11 is 0. The molecular formula is C19H26N4O. The Hall–Kier alpha value is -2.14. The molecule has 0 radical (unpaired) electrons. The minimum Gasteiger partial charge on any atom is -0.352 e. The lowest BCUT2D eigenvalue weighted by atomic mass is 9.85. The number of rotatable bonds is 6. The zero-order valence-corrected chi connectivity index (χ0v) is 14.2. The van der Waals surface area contributed by atoms with E-state index in [2.05, 4.69) is 22.7 Å². The van der Waals surface area contributed by atoms with Gasteiger partial charge >= 0.3 is 0 Å². The zero-order chi connectivity index (χ0) is 16.8. The maximum Gasteiger partial charge on any atom is 0.220 e. The first kappa shape index (κ1) is 16.7. The monoisotopic (exact) mass is 326 g/mol. The van der Waals surface area contributed by atoms with Crippen molar-refractivity contribution in [1.82, 2.24) is 20.4 Å². The van der Waals surface area contributed by atoms with Crippen LogP contribution in [0.25, 0.3) is 5.69 Å². The summed E-state index contributed by atoms with van der Waals surface area (Å²) in [5.41, 5.74) is 2.03. The first-order valence-electron chi connectivity index (χ1n) is 8.79. The maximum atomic E-state index is 12.2. The maximum absolute atomic E-state index is 12.2. The van der Waals surface area contributed by atoms with E-state index in [4.69, 9.17) is 0 Å². The van der Waals surface area contributed by atoms with E-state index in [9.17, 15) is 4.79 Å². The van der Waals surface area contributed by atoms with E-state index < -0.39 is 0 Å². The molecule has 1 amide bonds. The minimum atomic E-state index is 0.125. The molecule has 1 aliphatic heterocycles. The summed E-state index contributed by atoms with van der Waals surface area (Å²) in [5, 5.41) is 10.8. The normalized spacial score (nSPS) is 19.0. The van der Waals surface area contributed by atoms with Gasteiger partial charge in [0, 0.05) is 24.7 Å². The van der Waals surface area contributed by atoms with Crippen LogP contribution in [0.5, 0.6) is 0 Å². The van der Waals surface area contributed by atoms with Gasteiger partial charge in [0.2, 0.25) is 5.91 Å². The summed E-state index contributed by atoms with van der Waals surface area (Å²) in [4.78, 5) is 12.2. The number of nitrogens with zero attached hydrogens (tertiary/aromatic N) is 2. The van der Waals surface area contributed by atoms with Gasteiger partial charge < -0.3 is 10.6 Å². The smallest absolute Gasteiger partial charge is 0.220 e. The number of aromatic nitrogens is 2. The van der Waals surface area contributed by atoms with Crippen molar-refractivity contribution in [2.45, 2.75) is 32.7 Å². The fraction of sp³-hybridized carbons (Fsp3) is 0.474. The van der Waals surface area contributed by atoms with Crippen LogP contribution in [0, 0.1) is 11.8 Å². The Morgan fingerprint density at radius 1 is 1.42 bits per heavy atom. The van der Waals surface area contributed by atoms with E-state index in [0.717, 1.165) is 24.3 Å². The zero-order valence-electron chi connectivity index (χ0n) is 14.2. The van der Waals surface area contributed by atoms with Gasteiger partial charge in [0.25, 0.3) is 0 Å². The first-order valence-corrected chi connectivity index (χ1v) is 8.79. The summed E-state index contributed by atoms with van der Waals surface area (Å²) in [5.74, 6) is 1.16. The lowest BCUT2D eigenvalue weighted by Gasteiger charge is -2.27. The van der Waals surface area contributed by atoms with Crippen molar-refractivity contribution < 1.29 is 4.79 Å². The Morgan fingerprint density at radius 2 is 2.25 bits per heavy atom. The third kappa shape index (κ3) is 4.45. The van der Waals surface area contributed by atoms with E-state index in [1.54, 1.807) is 0 Å². The summed E-state index contributed by atoms with van der Waals surface area (Å²) in [6.07, 6.45) is 6.81. The molecule has 5 heteroatoms. The van der Waals surface area contributed by atoms with Crippen LogP contribution in [-0.2, 0) is 11.3 Å². The predicted octanol–water partition coefficient (Wildman–Crippen LogP) is 2.51. The van der Waals surface area contributed by atoms with Gasteiger partial charge in [-0.15, -0.1) is 0 Å². The molecule has 0 saturated carbocycles. The van der Waals surface area contributed by atoms with Crippen LogP contribution in [0.1, 0.15) is 31.7 Å². The number of nitrogens with one attached hydrogen (secondary N) is 2. The highest BCUT2D eigenvalue weighted by atomic mass is 16.1. The van der Waals surface area contributed by atoms with Crippen molar-refractivity contribution in [1.29, 1.82) is 0 Å². The highest BCUT2D eigenvalue weighted by molar-refractivity contribution is 5.76. The van der Waals surface area contributed by atoms with Gasteiger partial charge in [0.15, 0.2) is 0 Å². The van der Waals surface area contributed by atoms with Crippen LogP contribution in [0.3, 0.4) is 0 Å². The lowest BCUT2D eigenvalue weighted by molar-refractivity contribution is -0.122. The largest absolute Gasteiger partial charge is 0.352 e. The average molecular weight is 326 g/mol. The van der Waals surface area contributed by atoms with Gasteiger partial charge in [-0.3, -0.25) is 4.79 Å². The van der Waals surface area contributed by atoms with Gasteiger partial charge in [0.1, 0.15) is 0 Å². The van der Waals surface area contributed by atoms with Crippen LogP contribution in [0.2, 0.25) is 0 Å². The van der Waals surface area contributed by atoms with Crippen LogP contribution in [0.15, 0.2) is 42.7 Å². The van der Waals surface area contributed by atoms with Crippen molar-refractivity contribution >= 4 is 5.91 Å². The molecule has 0 spiro atoms. The van der Waals surface area contributed by atoms with Gasteiger partial charge in [-0.25, -0.2) is 4.68 Å². The second-order valence-electron chi connectivity index (χ2n) is 6.69. The van der Waals surface area contributed by atoms with Gasteiger partial charge in [-0.1, -0.05) is 25.1 Å². The Morgan fingerprint density at radius 3 is 3.00 bits per heavy atom. The molecule has 24 heavy (non-hydrogen) atoms. The third-order valence-electron chi connectivity index (χ3n) is 4.79. The van der Waals surface area contributed by atoms with E-state index >= 15 is 0 Å². The van der Waals surface area contributed by atoms with E-state index in [1.807, 2.05) is 47.4 Å². The van der Waals surface area contributed by atoms with Crippen molar-refractivity contribution in [2.75, 3.05) is 13.1 Å². The Balaban J connectivity index is 1.47. The summed E-state index contributed by atoms with van der Waals surface area (Å²) < 4.78 is 1.83. The van der Waals surface area contributed by atoms with Gasteiger partial charge in [-0.2, -0.15) is 5.10 Å². The lowest BCUT2D eigenvalue weighted by Crippen LogP contribution is -2.35. The summed E-state index contributed by atoms with van der Waals surface area (Å²) in [7, 11) is 0. The number of benzene rings is 1. The first-order chi connectivity index (χ1) is 11.7. The number of carbonyl (C=O) groups excluding carboxylic acids is 1. The second kappa shape index (κ2) is 8.11. The third-order valence-corrected chi connectivity index (χ3v) is 4.79.